The van der Waals surface area contributed by atoms with Crippen LogP contribution in [0.15, 0.2) is 66.9 Å². The van der Waals surface area contributed by atoms with Gasteiger partial charge in [0, 0.05) is 62.6 Å². The molecule has 2 atom stereocenters. The van der Waals surface area contributed by atoms with Crippen molar-refractivity contribution in [2.24, 2.45) is 5.92 Å². The van der Waals surface area contributed by atoms with Crippen molar-refractivity contribution in [2.45, 2.75) is 38.3 Å². The molecule has 1 aromatic heterocycles. The summed E-state index contributed by atoms with van der Waals surface area (Å²) in [7, 11) is 0. The second-order valence-corrected chi connectivity index (χ2v) is 9.20. The number of aromatic nitrogens is 2. The van der Waals surface area contributed by atoms with Gasteiger partial charge in [0.25, 0.3) is 0 Å². The maximum atomic E-state index is 12.5. The number of hydrogen-bond donors (Lipinski definition) is 1. The van der Waals surface area contributed by atoms with Crippen molar-refractivity contribution in [1.82, 2.24) is 19.6 Å². The summed E-state index contributed by atoms with van der Waals surface area (Å²) in [5, 5.41) is 14.2. The number of piperidine rings is 2. The summed E-state index contributed by atoms with van der Waals surface area (Å²) >= 11 is 0. The van der Waals surface area contributed by atoms with Crippen LogP contribution in [-0.4, -0.2) is 62.9 Å². The second kappa shape index (κ2) is 9.89. The van der Waals surface area contributed by atoms with Crippen molar-refractivity contribution in [3.8, 4) is 16.9 Å². The Labute approximate surface area is 195 Å². The molecule has 0 aliphatic carbocycles. The van der Waals surface area contributed by atoms with E-state index in [1.54, 1.807) is 0 Å². The topological polar surface area (TPSA) is 61.6 Å². The quantitative estimate of drug-likeness (QED) is 0.603. The third-order valence-corrected chi connectivity index (χ3v) is 7.04. The summed E-state index contributed by atoms with van der Waals surface area (Å²) < 4.78 is 1.99. The molecule has 1 N–H and O–H groups in total. The Bertz CT molecular complexity index is 1070. The lowest BCUT2D eigenvalue weighted by molar-refractivity contribution is -0.141. The zero-order valence-corrected chi connectivity index (χ0v) is 19.0. The van der Waals surface area contributed by atoms with Crippen molar-refractivity contribution >= 4 is 5.91 Å². The normalized spacial score (nSPS) is 21.2. The largest absolute Gasteiger partial charge is 0.396 e. The van der Waals surface area contributed by atoms with Gasteiger partial charge in [-0.1, -0.05) is 48.5 Å². The lowest BCUT2D eigenvalue weighted by Gasteiger charge is -2.47. The molecule has 6 heteroatoms. The highest BCUT2D eigenvalue weighted by Gasteiger charge is 2.39. The molecule has 0 unspecified atom stereocenters. The number of para-hydroxylation sites is 1. The van der Waals surface area contributed by atoms with Crippen LogP contribution in [-0.2, 0) is 11.3 Å². The van der Waals surface area contributed by atoms with Crippen LogP contribution in [0.1, 0.15) is 31.2 Å². The summed E-state index contributed by atoms with van der Waals surface area (Å²) in [6.07, 6.45) is 5.42. The molecule has 2 aliphatic rings. The molecular weight excluding hydrogens is 412 g/mol. The Hall–Kier alpha value is -2.96. The minimum absolute atomic E-state index is 0.140. The van der Waals surface area contributed by atoms with Gasteiger partial charge in [-0.15, -0.1) is 0 Å². The fourth-order valence-electron chi connectivity index (χ4n) is 5.42. The number of aliphatic hydroxyl groups excluding tert-OH is 1. The molecule has 2 aliphatic heterocycles. The predicted molar refractivity (Wildman–Crippen MR) is 129 cm³/mol. The number of carbonyl (C=O) groups excluding carboxylic acids is 1. The first-order chi connectivity index (χ1) is 16.2. The highest BCUT2D eigenvalue weighted by molar-refractivity contribution is 5.77. The first kappa shape index (κ1) is 21.9. The van der Waals surface area contributed by atoms with Crippen LogP contribution in [0.4, 0.5) is 0 Å². The summed E-state index contributed by atoms with van der Waals surface area (Å²) in [4.78, 5) is 17.1. The molecule has 1 amide bonds. The molecular formula is C27H32N4O2. The molecule has 172 valence electrons. The molecule has 0 radical (unpaired) electrons. The van der Waals surface area contributed by atoms with Gasteiger partial charge in [0.1, 0.15) is 0 Å². The van der Waals surface area contributed by atoms with E-state index in [4.69, 9.17) is 5.10 Å². The number of hydrogen-bond acceptors (Lipinski definition) is 4. The predicted octanol–water partition coefficient (Wildman–Crippen LogP) is 3.73. The minimum atomic E-state index is 0.140. The lowest BCUT2D eigenvalue weighted by atomic mass is 9.83. The van der Waals surface area contributed by atoms with Crippen molar-refractivity contribution in [1.29, 1.82) is 0 Å². The zero-order chi connectivity index (χ0) is 22.6. The van der Waals surface area contributed by atoms with Gasteiger partial charge in [0.2, 0.25) is 5.91 Å². The van der Waals surface area contributed by atoms with E-state index in [2.05, 4.69) is 47.5 Å². The monoisotopic (exact) mass is 444 g/mol. The third-order valence-electron chi connectivity index (χ3n) is 7.04. The molecule has 2 aromatic carbocycles. The first-order valence-electron chi connectivity index (χ1n) is 12.0. The van der Waals surface area contributed by atoms with Crippen LogP contribution in [0.5, 0.6) is 0 Å². The van der Waals surface area contributed by atoms with Crippen molar-refractivity contribution in [3.63, 3.8) is 0 Å². The van der Waals surface area contributed by atoms with Crippen molar-refractivity contribution in [3.05, 3.63) is 72.4 Å². The summed E-state index contributed by atoms with van der Waals surface area (Å²) in [6, 6.07) is 21.0. The van der Waals surface area contributed by atoms with Crippen molar-refractivity contribution in [2.75, 3.05) is 26.2 Å². The number of carbonyl (C=O) groups is 1. The van der Waals surface area contributed by atoms with Crippen LogP contribution in [0, 0.1) is 5.92 Å². The van der Waals surface area contributed by atoms with Crippen LogP contribution in [0.25, 0.3) is 16.9 Å². The summed E-state index contributed by atoms with van der Waals surface area (Å²) in [5.41, 5.74) is 4.46. The van der Waals surface area contributed by atoms with Crippen LogP contribution in [0.2, 0.25) is 0 Å². The molecule has 0 saturated carbocycles. The molecule has 0 spiro atoms. The Morgan fingerprint density at radius 2 is 1.76 bits per heavy atom. The third kappa shape index (κ3) is 4.72. The highest BCUT2D eigenvalue weighted by atomic mass is 16.3. The molecule has 6 nitrogen and oxygen atoms in total. The van der Waals surface area contributed by atoms with Gasteiger partial charge >= 0.3 is 0 Å². The van der Waals surface area contributed by atoms with Gasteiger partial charge in [0.15, 0.2) is 0 Å². The summed E-state index contributed by atoms with van der Waals surface area (Å²) in [5.74, 6) is 0.758. The van der Waals surface area contributed by atoms with Gasteiger partial charge in [0.05, 0.1) is 11.4 Å². The molecule has 5 rings (SSSR count). The van der Waals surface area contributed by atoms with Gasteiger partial charge in [-0.25, -0.2) is 4.68 Å². The van der Waals surface area contributed by atoms with E-state index in [-0.39, 0.29) is 12.5 Å². The van der Waals surface area contributed by atoms with Crippen LogP contribution in [0.3, 0.4) is 0 Å². The van der Waals surface area contributed by atoms with Gasteiger partial charge < -0.3 is 10.0 Å². The average molecular weight is 445 g/mol. The highest BCUT2D eigenvalue weighted by Crippen LogP contribution is 2.33. The Balaban J connectivity index is 1.36. The van der Waals surface area contributed by atoms with Crippen molar-refractivity contribution < 1.29 is 9.90 Å². The zero-order valence-electron chi connectivity index (χ0n) is 19.0. The fourth-order valence-corrected chi connectivity index (χ4v) is 5.42. The van der Waals surface area contributed by atoms with Crippen LogP contribution < -0.4 is 0 Å². The van der Waals surface area contributed by atoms with E-state index in [0.717, 1.165) is 49.4 Å². The number of fused-ring (bicyclic) bond motifs is 1. The van der Waals surface area contributed by atoms with E-state index in [1.165, 1.54) is 5.56 Å². The van der Waals surface area contributed by atoms with Gasteiger partial charge in [-0.05, 0) is 37.3 Å². The maximum absolute atomic E-state index is 12.5. The Morgan fingerprint density at radius 3 is 2.52 bits per heavy atom. The van der Waals surface area contributed by atoms with E-state index in [9.17, 15) is 9.90 Å². The molecule has 3 heterocycles. The smallest absolute Gasteiger partial charge is 0.222 e. The lowest BCUT2D eigenvalue weighted by Crippen LogP contribution is -2.56. The number of aliphatic hydroxyl groups is 1. The van der Waals surface area contributed by atoms with E-state index < -0.39 is 0 Å². The number of rotatable bonds is 7. The number of benzene rings is 2. The van der Waals surface area contributed by atoms with Gasteiger partial charge in [-0.2, -0.15) is 5.10 Å². The number of likely N-dealkylation sites (tertiary alicyclic amines) is 2. The molecule has 3 aromatic rings. The molecule has 2 saturated heterocycles. The molecule has 0 bridgehead atoms. The number of nitrogens with zero attached hydrogens (tertiary/aromatic N) is 4. The van der Waals surface area contributed by atoms with E-state index in [1.807, 2.05) is 33.8 Å². The fraction of sp³-hybridized carbons (Fsp3) is 0.407. The van der Waals surface area contributed by atoms with E-state index >= 15 is 0 Å². The molecule has 2 fully saturated rings. The second-order valence-electron chi connectivity index (χ2n) is 9.20. The minimum Gasteiger partial charge on any atom is -0.396 e. The van der Waals surface area contributed by atoms with E-state index in [0.29, 0.717) is 31.3 Å². The number of amides is 1. The Morgan fingerprint density at radius 1 is 1.00 bits per heavy atom. The SMILES string of the molecule is O=C1CC[C@@H]2CN(Cc3cn(-c4ccccc4)nc3-c3ccccc3)CC[C@@H]2N1CCCO. The Kier molecular flexibility index (Phi) is 6.55. The maximum Gasteiger partial charge on any atom is 0.222 e. The average Bonchev–Trinajstić information content (AvgIpc) is 3.28. The standard InChI is InChI=1S/C27H32N4O2/c32-17-7-15-30-25-14-16-29(18-22(25)12-13-26(30)33)19-23-20-31(24-10-5-2-6-11-24)28-27(23)21-8-3-1-4-9-21/h1-6,8-11,20,22,25,32H,7,12-19H2/t22-,25+/m1/s1. The molecule has 33 heavy (non-hydrogen) atoms. The van der Waals surface area contributed by atoms with Crippen LogP contribution >= 0.6 is 0 Å². The van der Waals surface area contributed by atoms with Gasteiger partial charge in [-0.3, -0.25) is 9.69 Å². The summed E-state index contributed by atoms with van der Waals surface area (Å²) in [6.45, 7) is 3.64. The first-order valence-corrected chi connectivity index (χ1v) is 12.0.